The summed E-state index contributed by atoms with van der Waals surface area (Å²) in [6.07, 6.45) is 1.58. The van der Waals surface area contributed by atoms with Crippen molar-refractivity contribution in [3.05, 3.63) is 12.3 Å². The number of nitrogens with two attached hydrogens (primary N) is 1. The number of hydrogen-bond donors (Lipinski definition) is 1. The minimum absolute atomic E-state index is 0.351. The quantitative estimate of drug-likeness (QED) is 0.732. The van der Waals surface area contributed by atoms with Crippen molar-refractivity contribution in [3.63, 3.8) is 0 Å². The fraction of sp³-hybridized carbons (Fsp3) is 0.500. The molecule has 1 aromatic rings. The molecule has 0 radical (unpaired) electrons. The normalized spacial score (nSPS) is 10.2. The maximum absolute atomic E-state index is 5.43. The molecule has 1 heterocycles. The third-order valence-corrected chi connectivity index (χ3v) is 1.20. The number of anilines is 1. The first-order valence-electron chi connectivity index (χ1n) is 3.90. The highest BCUT2D eigenvalue weighted by molar-refractivity contribution is 5.26. The summed E-state index contributed by atoms with van der Waals surface area (Å²) < 4.78 is 5.25. The number of nitrogen functional groups attached to an aromatic ring is 1. The third-order valence-electron chi connectivity index (χ3n) is 1.20. The third kappa shape index (κ3) is 2.74. The molecule has 0 spiro atoms. The van der Waals surface area contributed by atoms with Crippen molar-refractivity contribution in [2.45, 2.75) is 13.8 Å². The second-order valence-electron chi connectivity index (χ2n) is 2.97. The molecule has 0 amide bonds. The largest absolute Gasteiger partial charge is 0.463 e. The standard InChI is InChI=1S/C8H13N3O/c1-6(2)5-12-8-10-4-3-7(9)11-8/h3-4,6H,5H2,1-2H3,(H2,9,10,11). The summed E-state index contributed by atoms with van der Waals surface area (Å²) in [4.78, 5) is 7.79. The second-order valence-corrected chi connectivity index (χ2v) is 2.97. The fourth-order valence-corrected chi connectivity index (χ4v) is 0.665. The maximum Gasteiger partial charge on any atom is 0.318 e. The van der Waals surface area contributed by atoms with Crippen LogP contribution in [0.15, 0.2) is 12.3 Å². The molecule has 0 atom stereocenters. The van der Waals surface area contributed by atoms with Gasteiger partial charge in [0.05, 0.1) is 6.61 Å². The van der Waals surface area contributed by atoms with Gasteiger partial charge in [-0.15, -0.1) is 0 Å². The number of rotatable bonds is 3. The lowest BCUT2D eigenvalue weighted by Gasteiger charge is -2.05. The van der Waals surface area contributed by atoms with Crippen molar-refractivity contribution in [2.24, 2.45) is 5.92 Å². The van der Waals surface area contributed by atoms with E-state index in [1.807, 2.05) is 0 Å². The van der Waals surface area contributed by atoms with E-state index in [0.717, 1.165) is 0 Å². The Morgan fingerprint density at radius 3 is 2.92 bits per heavy atom. The van der Waals surface area contributed by atoms with Crippen LogP contribution in [0.5, 0.6) is 6.01 Å². The molecule has 0 unspecified atom stereocenters. The van der Waals surface area contributed by atoms with Crippen LogP contribution in [0.4, 0.5) is 5.82 Å². The average molecular weight is 167 g/mol. The Labute approximate surface area is 71.8 Å². The van der Waals surface area contributed by atoms with Gasteiger partial charge in [0.2, 0.25) is 0 Å². The highest BCUT2D eigenvalue weighted by Crippen LogP contribution is 2.05. The van der Waals surface area contributed by atoms with Gasteiger partial charge < -0.3 is 10.5 Å². The van der Waals surface area contributed by atoms with E-state index >= 15 is 0 Å². The van der Waals surface area contributed by atoms with Gasteiger partial charge in [0.25, 0.3) is 0 Å². The molecule has 12 heavy (non-hydrogen) atoms. The number of aromatic nitrogens is 2. The van der Waals surface area contributed by atoms with Crippen molar-refractivity contribution in [2.75, 3.05) is 12.3 Å². The van der Waals surface area contributed by atoms with Crippen molar-refractivity contribution < 1.29 is 4.74 Å². The van der Waals surface area contributed by atoms with E-state index in [9.17, 15) is 0 Å². The maximum atomic E-state index is 5.43. The summed E-state index contributed by atoms with van der Waals surface area (Å²) >= 11 is 0. The van der Waals surface area contributed by atoms with Crippen LogP contribution in [0, 0.1) is 5.92 Å². The zero-order valence-corrected chi connectivity index (χ0v) is 7.32. The Bertz CT molecular complexity index is 250. The van der Waals surface area contributed by atoms with Gasteiger partial charge in [-0.1, -0.05) is 13.8 Å². The van der Waals surface area contributed by atoms with E-state index in [0.29, 0.717) is 24.4 Å². The Hall–Kier alpha value is -1.32. The van der Waals surface area contributed by atoms with Gasteiger partial charge in [-0.05, 0) is 12.0 Å². The summed E-state index contributed by atoms with van der Waals surface area (Å²) in [6, 6.07) is 1.98. The van der Waals surface area contributed by atoms with Crippen LogP contribution in [0.2, 0.25) is 0 Å². The van der Waals surface area contributed by atoms with Gasteiger partial charge in [-0.25, -0.2) is 4.98 Å². The Kier molecular flexibility index (Phi) is 2.85. The van der Waals surface area contributed by atoms with Crippen LogP contribution in [0.1, 0.15) is 13.8 Å². The van der Waals surface area contributed by atoms with Crippen molar-refractivity contribution in [1.29, 1.82) is 0 Å². The molecule has 1 aromatic heterocycles. The number of nitrogens with zero attached hydrogens (tertiary/aromatic N) is 2. The molecule has 1 rings (SSSR count). The first kappa shape index (κ1) is 8.77. The summed E-state index contributed by atoms with van der Waals surface area (Å²) in [5.74, 6) is 0.902. The monoisotopic (exact) mass is 167 g/mol. The van der Waals surface area contributed by atoms with Crippen molar-refractivity contribution in [1.82, 2.24) is 9.97 Å². The van der Waals surface area contributed by atoms with E-state index in [1.54, 1.807) is 12.3 Å². The first-order valence-corrected chi connectivity index (χ1v) is 3.90. The summed E-state index contributed by atoms with van der Waals surface area (Å²) in [5, 5.41) is 0. The van der Waals surface area contributed by atoms with E-state index in [1.165, 1.54) is 0 Å². The number of ether oxygens (including phenoxy) is 1. The van der Waals surface area contributed by atoms with Gasteiger partial charge in [0, 0.05) is 6.20 Å². The molecule has 0 aliphatic carbocycles. The van der Waals surface area contributed by atoms with Crippen molar-refractivity contribution >= 4 is 5.82 Å². The molecule has 4 nitrogen and oxygen atoms in total. The van der Waals surface area contributed by atoms with Crippen LogP contribution >= 0.6 is 0 Å². The van der Waals surface area contributed by atoms with Crippen LogP contribution < -0.4 is 10.5 Å². The van der Waals surface area contributed by atoms with Gasteiger partial charge in [-0.3, -0.25) is 0 Å². The first-order chi connectivity index (χ1) is 5.68. The smallest absolute Gasteiger partial charge is 0.318 e. The van der Waals surface area contributed by atoms with Gasteiger partial charge in [0.15, 0.2) is 0 Å². The van der Waals surface area contributed by atoms with Gasteiger partial charge >= 0.3 is 6.01 Å². The fourth-order valence-electron chi connectivity index (χ4n) is 0.665. The lowest BCUT2D eigenvalue weighted by atomic mass is 10.2. The van der Waals surface area contributed by atoms with Crippen LogP contribution in [-0.4, -0.2) is 16.6 Å². The minimum atomic E-state index is 0.351. The summed E-state index contributed by atoms with van der Waals surface area (Å²) in [7, 11) is 0. The van der Waals surface area contributed by atoms with E-state index in [2.05, 4.69) is 23.8 Å². The lowest BCUT2D eigenvalue weighted by Crippen LogP contribution is -2.07. The Morgan fingerprint density at radius 2 is 2.33 bits per heavy atom. The van der Waals surface area contributed by atoms with E-state index < -0.39 is 0 Å². The molecule has 0 fully saturated rings. The molecule has 0 saturated heterocycles. The van der Waals surface area contributed by atoms with Gasteiger partial charge in [-0.2, -0.15) is 4.98 Å². The van der Waals surface area contributed by atoms with Crippen molar-refractivity contribution in [3.8, 4) is 6.01 Å². The van der Waals surface area contributed by atoms with Crippen LogP contribution in [0.25, 0.3) is 0 Å². The van der Waals surface area contributed by atoms with E-state index in [4.69, 9.17) is 10.5 Å². The summed E-state index contributed by atoms with van der Waals surface area (Å²) in [6.45, 7) is 4.74. The predicted molar refractivity (Wildman–Crippen MR) is 46.8 cm³/mol. The molecular weight excluding hydrogens is 154 g/mol. The highest BCUT2D eigenvalue weighted by Gasteiger charge is 1.99. The minimum Gasteiger partial charge on any atom is -0.463 e. The molecule has 66 valence electrons. The molecule has 4 heteroatoms. The molecule has 0 aliphatic heterocycles. The lowest BCUT2D eigenvalue weighted by molar-refractivity contribution is 0.251. The molecule has 0 aliphatic rings. The van der Waals surface area contributed by atoms with Crippen LogP contribution in [0.3, 0.4) is 0 Å². The predicted octanol–water partition coefficient (Wildman–Crippen LogP) is 1.09. The molecular formula is C8H13N3O. The Balaban J connectivity index is 2.52. The zero-order chi connectivity index (χ0) is 8.97. The molecule has 2 N–H and O–H groups in total. The SMILES string of the molecule is CC(C)COc1nccc(N)n1. The van der Waals surface area contributed by atoms with E-state index in [-0.39, 0.29) is 0 Å². The molecule has 0 aromatic carbocycles. The summed E-state index contributed by atoms with van der Waals surface area (Å²) in [5.41, 5.74) is 5.43. The molecule has 0 bridgehead atoms. The topological polar surface area (TPSA) is 61.0 Å². The Morgan fingerprint density at radius 1 is 1.58 bits per heavy atom. The highest BCUT2D eigenvalue weighted by atomic mass is 16.5. The number of hydrogen-bond acceptors (Lipinski definition) is 4. The molecule has 0 saturated carbocycles. The second kappa shape index (κ2) is 3.90. The van der Waals surface area contributed by atoms with Gasteiger partial charge in [0.1, 0.15) is 5.82 Å². The van der Waals surface area contributed by atoms with Crippen LogP contribution in [-0.2, 0) is 0 Å². The average Bonchev–Trinajstić information content (AvgIpc) is 2.01. The zero-order valence-electron chi connectivity index (χ0n) is 7.32.